The van der Waals surface area contributed by atoms with Gasteiger partial charge in [-0.05, 0) is 38.3 Å². The quantitative estimate of drug-likeness (QED) is 0.447. The topological polar surface area (TPSA) is 3.24 Å². The zero-order chi connectivity index (χ0) is 9.52. The van der Waals surface area contributed by atoms with Gasteiger partial charge in [-0.1, -0.05) is 13.3 Å². The zero-order valence-electron chi connectivity index (χ0n) is 8.76. The summed E-state index contributed by atoms with van der Waals surface area (Å²) in [6, 6.07) is 0. The van der Waals surface area contributed by atoms with Crippen molar-refractivity contribution in [1.82, 2.24) is 4.90 Å². The number of rotatable bonds is 6. The molecule has 0 bridgehead atoms. The number of nitrogens with zero attached hydrogens (tertiary/aromatic N) is 1. The fourth-order valence-electron chi connectivity index (χ4n) is 1.82. The molecule has 0 radical (unpaired) electrons. The maximum atomic E-state index is 5.23. The van der Waals surface area contributed by atoms with Crippen LogP contribution in [0, 0.1) is 18.3 Å². The van der Waals surface area contributed by atoms with Gasteiger partial charge in [0.15, 0.2) is 0 Å². The summed E-state index contributed by atoms with van der Waals surface area (Å²) in [5, 5.41) is 0. The number of hydrogen-bond acceptors (Lipinski definition) is 1. The van der Waals surface area contributed by atoms with Crippen LogP contribution in [0.15, 0.2) is 0 Å². The molecule has 1 aliphatic rings. The van der Waals surface area contributed by atoms with E-state index in [1.165, 1.54) is 38.9 Å². The molecule has 1 nitrogen and oxygen atoms in total. The molecule has 0 aromatic rings. The van der Waals surface area contributed by atoms with Crippen LogP contribution >= 0.6 is 0 Å². The summed E-state index contributed by atoms with van der Waals surface area (Å²) in [7, 11) is 0. The molecule has 1 heteroatoms. The highest BCUT2D eigenvalue weighted by Gasteiger charge is 2.19. The van der Waals surface area contributed by atoms with E-state index < -0.39 is 0 Å². The van der Waals surface area contributed by atoms with Crippen molar-refractivity contribution in [3.8, 4) is 12.3 Å². The third-order valence-electron chi connectivity index (χ3n) is 2.98. The monoisotopic (exact) mass is 179 g/mol. The van der Waals surface area contributed by atoms with Crippen LogP contribution in [0.2, 0.25) is 0 Å². The predicted octanol–water partition coefficient (Wildman–Crippen LogP) is 2.52. The van der Waals surface area contributed by atoms with Crippen LogP contribution in [0.3, 0.4) is 0 Å². The number of unbranched alkanes of at least 4 members (excludes halogenated alkanes) is 1. The van der Waals surface area contributed by atoms with E-state index in [1.807, 2.05) is 0 Å². The lowest BCUT2D eigenvalue weighted by Gasteiger charge is -2.31. The molecular formula is C12H21N. The van der Waals surface area contributed by atoms with Gasteiger partial charge in [0, 0.05) is 13.0 Å². The Kier molecular flexibility index (Phi) is 4.93. The second kappa shape index (κ2) is 6.05. The first-order valence-electron chi connectivity index (χ1n) is 5.52. The SMILES string of the molecule is C#CCCCN(CC)CC1CCC1. The van der Waals surface area contributed by atoms with Gasteiger partial charge in [0.2, 0.25) is 0 Å². The first-order valence-corrected chi connectivity index (χ1v) is 5.52. The molecule has 1 rings (SSSR count). The summed E-state index contributed by atoms with van der Waals surface area (Å²) in [6.07, 6.45) is 11.7. The van der Waals surface area contributed by atoms with Gasteiger partial charge in [-0.15, -0.1) is 12.3 Å². The molecule has 13 heavy (non-hydrogen) atoms. The fourth-order valence-corrected chi connectivity index (χ4v) is 1.82. The van der Waals surface area contributed by atoms with Gasteiger partial charge >= 0.3 is 0 Å². The number of terminal acetylenes is 1. The zero-order valence-corrected chi connectivity index (χ0v) is 8.76. The van der Waals surface area contributed by atoms with E-state index in [2.05, 4.69) is 17.7 Å². The molecule has 0 saturated heterocycles. The summed E-state index contributed by atoms with van der Waals surface area (Å²) in [4.78, 5) is 2.54. The average Bonchev–Trinajstić information content (AvgIpc) is 2.08. The van der Waals surface area contributed by atoms with Gasteiger partial charge in [-0.2, -0.15) is 0 Å². The molecule has 0 aromatic heterocycles. The molecule has 0 spiro atoms. The van der Waals surface area contributed by atoms with Crippen LogP contribution in [0.25, 0.3) is 0 Å². The van der Waals surface area contributed by atoms with Crippen molar-refractivity contribution in [2.75, 3.05) is 19.6 Å². The second-order valence-corrected chi connectivity index (χ2v) is 4.00. The van der Waals surface area contributed by atoms with Crippen molar-refractivity contribution in [1.29, 1.82) is 0 Å². The average molecular weight is 179 g/mol. The van der Waals surface area contributed by atoms with E-state index in [1.54, 1.807) is 0 Å². The third-order valence-corrected chi connectivity index (χ3v) is 2.98. The molecule has 1 aliphatic carbocycles. The molecule has 0 amide bonds. The summed E-state index contributed by atoms with van der Waals surface area (Å²) >= 11 is 0. The third kappa shape index (κ3) is 3.83. The van der Waals surface area contributed by atoms with E-state index in [0.29, 0.717) is 0 Å². The molecular weight excluding hydrogens is 158 g/mol. The van der Waals surface area contributed by atoms with E-state index in [0.717, 1.165) is 18.8 Å². The van der Waals surface area contributed by atoms with Crippen molar-refractivity contribution in [3.05, 3.63) is 0 Å². The molecule has 1 saturated carbocycles. The Morgan fingerprint density at radius 2 is 2.23 bits per heavy atom. The molecule has 0 N–H and O–H groups in total. The first-order chi connectivity index (χ1) is 6.36. The Labute approximate surface area is 82.5 Å². The Hall–Kier alpha value is -0.480. The summed E-state index contributed by atoms with van der Waals surface area (Å²) in [6.45, 7) is 5.92. The lowest BCUT2D eigenvalue weighted by atomic mass is 9.85. The van der Waals surface area contributed by atoms with Crippen LogP contribution in [-0.2, 0) is 0 Å². The summed E-state index contributed by atoms with van der Waals surface area (Å²) < 4.78 is 0. The van der Waals surface area contributed by atoms with Crippen molar-refractivity contribution in [2.24, 2.45) is 5.92 Å². The minimum atomic E-state index is 0.932. The van der Waals surface area contributed by atoms with E-state index in [9.17, 15) is 0 Å². The van der Waals surface area contributed by atoms with Gasteiger partial charge in [-0.3, -0.25) is 0 Å². The predicted molar refractivity (Wildman–Crippen MR) is 57.5 cm³/mol. The lowest BCUT2D eigenvalue weighted by molar-refractivity contribution is 0.183. The molecule has 0 heterocycles. The molecule has 0 aromatic carbocycles. The Morgan fingerprint density at radius 1 is 1.46 bits per heavy atom. The first kappa shape index (κ1) is 10.6. The lowest BCUT2D eigenvalue weighted by Crippen LogP contribution is -2.33. The Bertz CT molecular complexity index is 164. The Balaban J connectivity index is 2.07. The highest BCUT2D eigenvalue weighted by Crippen LogP contribution is 2.26. The molecule has 0 aliphatic heterocycles. The molecule has 0 atom stereocenters. The fraction of sp³-hybridized carbons (Fsp3) is 0.833. The van der Waals surface area contributed by atoms with Crippen LogP contribution in [-0.4, -0.2) is 24.5 Å². The van der Waals surface area contributed by atoms with E-state index in [-0.39, 0.29) is 0 Å². The second-order valence-electron chi connectivity index (χ2n) is 4.00. The van der Waals surface area contributed by atoms with Gasteiger partial charge in [0.25, 0.3) is 0 Å². The van der Waals surface area contributed by atoms with Crippen molar-refractivity contribution < 1.29 is 0 Å². The van der Waals surface area contributed by atoms with Crippen LogP contribution in [0.5, 0.6) is 0 Å². The standard InChI is InChI=1S/C12H21N/c1-3-5-6-10-13(4-2)11-12-8-7-9-12/h1,12H,4-11H2,2H3. The summed E-state index contributed by atoms with van der Waals surface area (Å²) in [5.74, 6) is 3.69. The molecule has 1 fully saturated rings. The van der Waals surface area contributed by atoms with Gasteiger partial charge in [0.05, 0.1) is 0 Å². The Morgan fingerprint density at radius 3 is 2.69 bits per heavy atom. The minimum Gasteiger partial charge on any atom is -0.303 e. The molecule has 0 unspecified atom stereocenters. The summed E-state index contributed by atoms with van der Waals surface area (Å²) in [5.41, 5.74) is 0. The van der Waals surface area contributed by atoms with Crippen LogP contribution < -0.4 is 0 Å². The highest BCUT2D eigenvalue weighted by molar-refractivity contribution is 4.83. The minimum absolute atomic E-state index is 0.932. The maximum absolute atomic E-state index is 5.23. The maximum Gasteiger partial charge on any atom is 0.00982 e. The number of hydrogen-bond donors (Lipinski definition) is 0. The van der Waals surface area contributed by atoms with Gasteiger partial charge in [0.1, 0.15) is 0 Å². The van der Waals surface area contributed by atoms with Crippen molar-refractivity contribution >= 4 is 0 Å². The molecule has 74 valence electrons. The van der Waals surface area contributed by atoms with Crippen molar-refractivity contribution in [2.45, 2.75) is 39.0 Å². The van der Waals surface area contributed by atoms with Gasteiger partial charge in [-0.25, -0.2) is 0 Å². The highest BCUT2D eigenvalue weighted by atomic mass is 15.1. The van der Waals surface area contributed by atoms with E-state index >= 15 is 0 Å². The van der Waals surface area contributed by atoms with Gasteiger partial charge < -0.3 is 4.90 Å². The van der Waals surface area contributed by atoms with Crippen LogP contribution in [0.4, 0.5) is 0 Å². The largest absolute Gasteiger partial charge is 0.303 e. The van der Waals surface area contributed by atoms with Crippen LogP contribution in [0.1, 0.15) is 39.0 Å². The smallest absolute Gasteiger partial charge is 0.00982 e. The normalized spacial score (nSPS) is 17.0. The van der Waals surface area contributed by atoms with Crippen molar-refractivity contribution in [3.63, 3.8) is 0 Å². The van der Waals surface area contributed by atoms with E-state index in [4.69, 9.17) is 6.42 Å².